The van der Waals surface area contributed by atoms with Crippen LogP contribution in [0.2, 0.25) is 0 Å². The molecule has 9 nitrogen and oxygen atoms in total. The molecule has 21 heteroatoms. The third-order valence-corrected chi connectivity index (χ3v) is 2.81. The van der Waals surface area contributed by atoms with Gasteiger partial charge in [-0.1, -0.05) is 0 Å². The fourth-order valence-corrected chi connectivity index (χ4v) is 0. The Kier molecular flexibility index (Phi) is 9.29. The maximum absolute atomic E-state index is 10.8. The van der Waals surface area contributed by atoms with Gasteiger partial charge < -0.3 is 0 Å². The number of rotatable bonds is 0. The molecule has 0 aliphatic rings. The molecule has 0 heterocycles. The van der Waals surface area contributed by atoms with Gasteiger partial charge in [-0.25, -0.2) is 27.1 Å². The number of nitrogens with two attached hydrogens (primary N) is 2. The van der Waals surface area contributed by atoms with Crippen molar-refractivity contribution in [1.29, 1.82) is 0 Å². The molecule has 0 atom stereocenters. The highest BCUT2D eigenvalue weighted by Gasteiger charge is 2.44. The van der Waals surface area contributed by atoms with Gasteiger partial charge in [0.1, 0.15) is 0 Å². The Labute approximate surface area is 127 Å². The average molecular weight is 448 g/mol. The van der Waals surface area contributed by atoms with E-state index in [1.165, 1.54) is 0 Å². The van der Waals surface area contributed by atoms with Crippen molar-refractivity contribution >= 4 is 30.2 Å². The summed E-state index contributed by atoms with van der Waals surface area (Å²) in [5.74, 6) is 0. The van der Waals surface area contributed by atoms with Gasteiger partial charge in [0.25, 0.3) is 0 Å². The Morgan fingerprint density at radius 1 is 0.542 bits per heavy atom. The second-order valence-corrected chi connectivity index (χ2v) is 7.42. The Morgan fingerprint density at radius 2 is 0.625 bits per heavy atom. The minimum atomic E-state index is -5.84. The number of hydrogen-bond donors (Lipinski definition) is 3. The molecule has 0 unspecified atom stereocenters. The molecular weight excluding hydrogens is 443 g/mol. The lowest BCUT2D eigenvalue weighted by atomic mass is 11.6. The monoisotopic (exact) mass is 448 g/mol. The Hall–Kier alpha value is -0.900. The third-order valence-electron chi connectivity index (χ3n) is 0.938. The summed E-state index contributed by atoms with van der Waals surface area (Å²) < 4.78 is 160. The maximum Gasteiger partial charge on any atom is 0.522 e. The lowest BCUT2D eigenvalue weighted by molar-refractivity contribution is -0.0510. The van der Waals surface area contributed by atoms with Crippen molar-refractivity contribution in [3.05, 3.63) is 0 Å². The average Bonchev–Trinajstić information content (AvgIpc) is 2.08. The number of hydrogen-bond acceptors (Lipinski definition) is 6. The van der Waals surface area contributed by atoms with Crippen LogP contribution in [0.5, 0.6) is 0 Å². The van der Waals surface area contributed by atoms with Crippen LogP contribution in [0, 0.1) is 0 Å². The van der Waals surface area contributed by atoms with Gasteiger partial charge >= 0.3 is 46.7 Å². The van der Waals surface area contributed by atoms with Crippen LogP contribution in [-0.2, 0) is 30.2 Å². The quantitative estimate of drug-likeness (QED) is 0.265. The van der Waals surface area contributed by atoms with Gasteiger partial charge in [-0.3, -0.25) is 4.55 Å². The highest BCUT2D eigenvalue weighted by Crippen LogP contribution is 2.20. The summed E-state index contributed by atoms with van der Waals surface area (Å²) in [6, 6.07) is 0. The summed E-state index contributed by atoms with van der Waals surface area (Å²) in [6.07, 6.45) is 0. The first-order chi connectivity index (χ1) is 9.75. The standard InChI is InChI=1S/2CH2F3NO2S.CHF3O3S/c3*2-1(3,4)8(5,6)7/h2*(H2,5,6,7);(H,5,6,7). The van der Waals surface area contributed by atoms with Gasteiger partial charge in [-0.2, -0.15) is 47.9 Å². The summed E-state index contributed by atoms with van der Waals surface area (Å²) in [4.78, 5) is 0. The van der Waals surface area contributed by atoms with Crippen LogP contribution in [-0.4, -0.2) is 46.3 Å². The van der Waals surface area contributed by atoms with E-state index in [1.807, 2.05) is 0 Å². The topological polar surface area (TPSA) is 175 Å². The fourth-order valence-electron chi connectivity index (χ4n) is 0. The fraction of sp³-hybridized carbons (Fsp3) is 1.00. The summed E-state index contributed by atoms with van der Waals surface area (Å²) in [5, 5.41) is 7.32. The molecule has 0 aliphatic carbocycles. The van der Waals surface area contributed by atoms with Crippen LogP contribution < -0.4 is 10.3 Å². The number of alkyl halides is 9. The van der Waals surface area contributed by atoms with Crippen LogP contribution in [0.25, 0.3) is 0 Å². The van der Waals surface area contributed by atoms with E-state index in [9.17, 15) is 56.3 Å². The predicted octanol–water partition coefficient (Wildman–Crippen LogP) is -0.0166. The maximum atomic E-state index is 10.8. The zero-order valence-electron chi connectivity index (χ0n) is 10.2. The second kappa shape index (κ2) is 7.99. The van der Waals surface area contributed by atoms with Crippen molar-refractivity contribution in [3.63, 3.8) is 0 Å². The largest absolute Gasteiger partial charge is 0.522 e. The second-order valence-electron chi connectivity index (χ2n) is 2.90. The summed E-state index contributed by atoms with van der Waals surface area (Å²) in [7, 11) is -16.5. The first-order valence-electron chi connectivity index (χ1n) is 3.97. The molecule has 0 saturated carbocycles. The lowest BCUT2D eigenvalue weighted by Gasteiger charge is -1.98. The van der Waals surface area contributed by atoms with Crippen molar-refractivity contribution in [2.24, 2.45) is 10.3 Å². The van der Waals surface area contributed by atoms with Crippen LogP contribution in [0.1, 0.15) is 0 Å². The minimum absolute atomic E-state index is 3.66. The molecule has 0 bridgehead atoms. The molecule has 0 radical (unpaired) electrons. The van der Waals surface area contributed by atoms with E-state index in [0.29, 0.717) is 0 Å². The molecule has 0 spiro atoms. The lowest BCUT2D eigenvalue weighted by Crippen LogP contribution is -2.30. The van der Waals surface area contributed by atoms with Crippen molar-refractivity contribution in [3.8, 4) is 0 Å². The number of primary sulfonamides is 2. The minimum Gasteiger partial charge on any atom is -0.279 e. The van der Waals surface area contributed by atoms with Crippen molar-refractivity contribution < 1.29 is 69.3 Å². The summed E-state index contributed by atoms with van der Waals surface area (Å²) in [6.45, 7) is 0. The van der Waals surface area contributed by atoms with Gasteiger partial charge in [0, 0.05) is 0 Å². The van der Waals surface area contributed by atoms with Crippen molar-refractivity contribution in [2.75, 3.05) is 0 Å². The van der Waals surface area contributed by atoms with Gasteiger partial charge in [0.15, 0.2) is 0 Å². The van der Waals surface area contributed by atoms with Crippen LogP contribution in [0.3, 0.4) is 0 Å². The molecule has 0 aromatic carbocycles. The molecular formula is C3H5F9N2O7S3. The Balaban J connectivity index is -0.000000276. The van der Waals surface area contributed by atoms with E-state index in [4.69, 9.17) is 13.0 Å². The number of halogens is 9. The molecule has 0 aromatic rings. The first-order valence-corrected chi connectivity index (χ1v) is 8.50. The Morgan fingerprint density at radius 3 is 0.625 bits per heavy atom. The summed E-state index contributed by atoms with van der Waals surface area (Å²) >= 11 is 0. The van der Waals surface area contributed by atoms with E-state index < -0.39 is 46.7 Å². The van der Waals surface area contributed by atoms with E-state index >= 15 is 0 Å². The van der Waals surface area contributed by atoms with Gasteiger partial charge in [0.2, 0.25) is 0 Å². The molecule has 0 fully saturated rings. The molecule has 0 aromatic heterocycles. The highest BCUT2D eigenvalue weighted by atomic mass is 32.2. The highest BCUT2D eigenvalue weighted by molar-refractivity contribution is 7.90. The van der Waals surface area contributed by atoms with Crippen LogP contribution >= 0.6 is 0 Å². The zero-order valence-corrected chi connectivity index (χ0v) is 12.6. The van der Waals surface area contributed by atoms with E-state index in [0.717, 1.165) is 0 Å². The molecule has 0 saturated heterocycles. The number of sulfonamides is 2. The van der Waals surface area contributed by atoms with E-state index in [-0.39, 0.29) is 0 Å². The molecule has 0 amide bonds. The SMILES string of the molecule is NS(=O)(=O)C(F)(F)F.NS(=O)(=O)C(F)(F)F.O=S(=O)(O)C(F)(F)F. The molecule has 0 rings (SSSR count). The molecule has 0 aliphatic heterocycles. The smallest absolute Gasteiger partial charge is 0.279 e. The normalized spacial score (nSPS) is 14.0. The van der Waals surface area contributed by atoms with Crippen LogP contribution in [0.4, 0.5) is 39.5 Å². The predicted molar refractivity (Wildman–Crippen MR) is 55.9 cm³/mol. The summed E-state index contributed by atoms with van der Waals surface area (Å²) in [5.41, 5.74) is -16.2. The van der Waals surface area contributed by atoms with Gasteiger partial charge in [-0.05, 0) is 0 Å². The first kappa shape index (κ1) is 27.9. The van der Waals surface area contributed by atoms with Gasteiger partial charge in [-0.15, -0.1) is 0 Å². The molecule has 150 valence electrons. The van der Waals surface area contributed by atoms with E-state index in [1.54, 1.807) is 0 Å². The Bertz CT molecular complexity index is 597. The third kappa shape index (κ3) is 12.5. The van der Waals surface area contributed by atoms with Gasteiger partial charge in [0.05, 0.1) is 0 Å². The van der Waals surface area contributed by atoms with Crippen molar-refractivity contribution in [2.45, 2.75) is 16.5 Å². The molecule has 24 heavy (non-hydrogen) atoms. The van der Waals surface area contributed by atoms with Crippen LogP contribution in [0.15, 0.2) is 0 Å². The van der Waals surface area contributed by atoms with Crippen molar-refractivity contribution in [1.82, 2.24) is 0 Å². The zero-order chi connectivity index (χ0) is 21.0. The molecule has 5 N–H and O–H groups in total. The van der Waals surface area contributed by atoms with E-state index in [2.05, 4.69) is 10.3 Å².